The molecule has 2 N–H and O–H groups in total. The number of allylic oxidation sites excluding steroid dienone is 6. The molecule has 2 atom stereocenters. The SMILES string of the molecule is C=CCC(C=C)C(/C=C\CCn1c(CCC)nc(C(C)(C)O)c1C(C)(O)OC)=C/CCC. The van der Waals surface area contributed by atoms with Crippen LogP contribution in [0.25, 0.3) is 0 Å². The van der Waals surface area contributed by atoms with Crippen molar-refractivity contribution < 1.29 is 14.9 Å². The van der Waals surface area contributed by atoms with Gasteiger partial charge in [-0.15, -0.1) is 13.2 Å². The maximum Gasteiger partial charge on any atom is 0.206 e. The van der Waals surface area contributed by atoms with Gasteiger partial charge >= 0.3 is 0 Å². The van der Waals surface area contributed by atoms with Crippen molar-refractivity contribution in [2.45, 2.75) is 91.1 Å². The maximum absolute atomic E-state index is 11.0. The van der Waals surface area contributed by atoms with E-state index >= 15 is 0 Å². The standard InChI is InChI=1S/C27H44N2O3/c1-9-13-18-22(21(12-4)16-10-2)19-14-15-20-29-23(17-11-3)28-24(26(5,6)30)25(29)27(7,31)32-8/h10,12,14,18-19,21,30-31H,2,4,9,11,13,15-17,20H2,1,3,5-8H3/b19-14-,22-18+. The Labute approximate surface area is 195 Å². The summed E-state index contributed by atoms with van der Waals surface area (Å²) in [4.78, 5) is 4.72. The van der Waals surface area contributed by atoms with Crippen molar-refractivity contribution in [3.8, 4) is 0 Å². The van der Waals surface area contributed by atoms with Gasteiger partial charge in [0.1, 0.15) is 17.1 Å². The molecule has 1 aromatic heterocycles. The Morgan fingerprint density at radius 3 is 2.34 bits per heavy atom. The largest absolute Gasteiger partial charge is 0.384 e. The molecule has 0 radical (unpaired) electrons. The third kappa shape index (κ3) is 7.58. The summed E-state index contributed by atoms with van der Waals surface area (Å²) in [5, 5.41) is 21.7. The van der Waals surface area contributed by atoms with Crippen LogP contribution in [0.4, 0.5) is 0 Å². The number of aromatic nitrogens is 2. The highest BCUT2D eigenvalue weighted by atomic mass is 16.6. The average molecular weight is 445 g/mol. The molecule has 0 aliphatic rings. The second kappa shape index (κ2) is 12.9. The maximum atomic E-state index is 11.0. The highest BCUT2D eigenvalue weighted by Gasteiger charge is 2.37. The van der Waals surface area contributed by atoms with Crippen LogP contribution < -0.4 is 0 Å². The van der Waals surface area contributed by atoms with Gasteiger partial charge < -0.3 is 19.5 Å². The van der Waals surface area contributed by atoms with Crippen LogP contribution in [0.5, 0.6) is 0 Å². The molecule has 32 heavy (non-hydrogen) atoms. The number of aliphatic hydroxyl groups is 2. The van der Waals surface area contributed by atoms with Crippen LogP contribution in [0, 0.1) is 5.92 Å². The van der Waals surface area contributed by atoms with Crippen molar-refractivity contribution in [3.63, 3.8) is 0 Å². The molecule has 0 saturated carbocycles. The molecule has 0 saturated heterocycles. The number of ether oxygens (including phenoxy) is 1. The minimum Gasteiger partial charge on any atom is -0.384 e. The lowest BCUT2D eigenvalue weighted by Gasteiger charge is -2.27. The number of imidazole rings is 1. The van der Waals surface area contributed by atoms with Gasteiger partial charge in [-0.1, -0.05) is 50.6 Å². The lowest BCUT2D eigenvalue weighted by Crippen LogP contribution is -2.32. The summed E-state index contributed by atoms with van der Waals surface area (Å²) in [7, 11) is 1.46. The van der Waals surface area contributed by atoms with Gasteiger partial charge in [-0.2, -0.15) is 0 Å². The van der Waals surface area contributed by atoms with Gasteiger partial charge in [-0.25, -0.2) is 4.98 Å². The number of aryl methyl sites for hydroxylation is 1. The van der Waals surface area contributed by atoms with E-state index in [1.54, 1.807) is 20.8 Å². The number of rotatable bonds is 15. The molecule has 0 aliphatic carbocycles. The Bertz CT molecular complexity index is 795. The van der Waals surface area contributed by atoms with Gasteiger partial charge in [-0.3, -0.25) is 0 Å². The number of unbranched alkanes of at least 4 members (excludes halogenated alkanes) is 1. The van der Waals surface area contributed by atoms with E-state index in [-0.39, 0.29) is 5.92 Å². The lowest BCUT2D eigenvalue weighted by molar-refractivity contribution is -0.185. The molecular weight excluding hydrogens is 400 g/mol. The fourth-order valence-corrected chi connectivity index (χ4v) is 3.77. The van der Waals surface area contributed by atoms with Gasteiger partial charge in [0.05, 0.1) is 5.69 Å². The molecule has 1 rings (SSSR count). The summed E-state index contributed by atoms with van der Waals surface area (Å²) in [6.07, 6.45) is 15.9. The van der Waals surface area contributed by atoms with Crippen molar-refractivity contribution in [2.24, 2.45) is 5.92 Å². The molecule has 2 unspecified atom stereocenters. The fraction of sp³-hybridized carbons (Fsp3) is 0.593. The predicted octanol–water partition coefficient (Wildman–Crippen LogP) is 5.93. The summed E-state index contributed by atoms with van der Waals surface area (Å²) in [5.74, 6) is -0.448. The lowest BCUT2D eigenvalue weighted by atomic mass is 9.93. The Kier molecular flexibility index (Phi) is 11.3. The van der Waals surface area contributed by atoms with E-state index in [9.17, 15) is 10.2 Å². The van der Waals surface area contributed by atoms with Gasteiger partial charge in [0.2, 0.25) is 5.79 Å². The predicted molar refractivity (Wildman–Crippen MR) is 133 cm³/mol. The smallest absolute Gasteiger partial charge is 0.206 e. The molecule has 0 bridgehead atoms. The van der Waals surface area contributed by atoms with Crippen LogP contribution in [0.3, 0.4) is 0 Å². The summed E-state index contributed by atoms with van der Waals surface area (Å²) in [5.41, 5.74) is 1.03. The van der Waals surface area contributed by atoms with Gasteiger partial charge in [0, 0.05) is 26.0 Å². The minimum atomic E-state index is -1.55. The van der Waals surface area contributed by atoms with Crippen LogP contribution in [-0.2, 0) is 29.1 Å². The van der Waals surface area contributed by atoms with Crippen LogP contribution >= 0.6 is 0 Å². The summed E-state index contributed by atoms with van der Waals surface area (Å²) in [6, 6.07) is 0. The summed E-state index contributed by atoms with van der Waals surface area (Å²) in [6.45, 7) is 17.7. The zero-order valence-electron chi connectivity index (χ0n) is 21.0. The molecule has 0 fully saturated rings. The van der Waals surface area contributed by atoms with E-state index in [1.165, 1.54) is 12.7 Å². The first kappa shape index (κ1) is 28.1. The quantitative estimate of drug-likeness (QED) is 0.200. The molecule has 0 aliphatic heterocycles. The van der Waals surface area contributed by atoms with E-state index in [1.807, 2.05) is 16.7 Å². The van der Waals surface area contributed by atoms with Crippen LogP contribution in [0.2, 0.25) is 0 Å². The summed E-state index contributed by atoms with van der Waals surface area (Å²) < 4.78 is 7.40. The molecule has 5 nitrogen and oxygen atoms in total. The topological polar surface area (TPSA) is 67.5 Å². The first-order chi connectivity index (χ1) is 15.1. The van der Waals surface area contributed by atoms with E-state index in [0.717, 1.165) is 44.3 Å². The molecular formula is C27H44N2O3. The van der Waals surface area contributed by atoms with Crippen molar-refractivity contribution >= 4 is 0 Å². The number of hydrogen-bond donors (Lipinski definition) is 2. The van der Waals surface area contributed by atoms with Crippen LogP contribution in [0.15, 0.2) is 49.1 Å². The Morgan fingerprint density at radius 1 is 1.16 bits per heavy atom. The number of methoxy groups -OCH3 is 1. The Morgan fingerprint density at radius 2 is 1.84 bits per heavy atom. The molecule has 1 aromatic rings. The molecule has 0 amide bonds. The minimum absolute atomic E-state index is 0.255. The van der Waals surface area contributed by atoms with E-state index in [4.69, 9.17) is 9.72 Å². The van der Waals surface area contributed by atoms with Gasteiger partial charge in [-0.05, 0) is 52.0 Å². The molecule has 0 aromatic carbocycles. The molecule has 5 heteroatoms. The average Bonchev–Trinajstić information content (AvgIpc) is 3.11. The van der Waals surface area contributed by atoms with Crippen molar-refractivity contribution in [1.82, 2.24) is 9.55 Å². The molecule has 1 heterocycles. The summed E-state index contributed by atoms with van der Waals surface area (Å²) >= 11 is 0. The number of nitrogens with zero attached hydrogens (tertiary/aromatic N) is 2. The van der Waals surface area contributed by atoms with Crippen molar-refractivity contribution in [2.75, 3.05) is 7.11 Å². The van der Waals surface area contributed by atoms with Crippen molar-refractivity contribution in [3.05, 3.63) is 66.3 Å². The normalized spacial score (nSPS) is 15.7. The van der Waals surface area contributed by atoms with Crippen LogP contribution in [-0.4, -0.2) is 26.9 Å². The number of hydrogen-bond acceptors (Lipinski definition) is 4. The highest BCUT2D eigenvalue weighted by Crippen LogP contribution is 2.33. The Balaban J connectivity index is 3.28. The molecule has 0 spiro atoms. The zero-order chi connectivity index (χ0) is 24.4. The third-order valence-electron chi connectivity index (χ3n) is 5.57. The zero-order valence-corrected chi connectivity index (χ0v) is 21.0. The first-order valence-corrected chi connectivity index (χ1v) is 11.8. The fourth-order valence-electron chi connectivity index (χ4n) is 3.77. The highest BCUT2D eigenvalue weighted by molar-refractivity contribution is 5.28. The first-order valence-electron chi connectivity index (χ1n) is 11.8. The van der Waals surface area contributed by atoms with E-state index in [2.05, 4.69) is 45.2 Å². The van der Waals surface area contributed by atoms with Gasteiger partial charge in [0.15, 0.2) is 0 Å². The van der Waals surface area contributed by atoms with E-state index < -0.39 is 11.4 Å². The second-order valence-electron chi connectivity index (χ2n) is 8.92. The van der Waals surface area contributed by atoms with Crippen LogP contribution in [0.1, 0.15) is 83.9 Å². The third-order valence-corrected chi connectivity index (χ3v) is 5.57. The monoisotopic (exact) mass is 444 g/mol. The van der Waals surface area contributed by atoms with Gasteiger partial charge in [0.25, 0.3) is 0 Å². The second-order valence-corrected chi connectivity index (χ2v) is 8.92. The van der Waals surface area contributed by atoms with Crippen molar-refractivity contribution in [1.29, 1.82) is 0 Å². The molecule has 180 valence electrons. The Hall–Kier alpha value is -1.95. The van der Waals surface area contributed by atoms with E-state index in [0.29, 0.717) is 17.9 Å².